The molecule has 8 heteroatoms. The molecule has 0 aliphatic rings. The number of aromatic amines is 1. The van der Waals surface area contributed by atoms with Crippen LogP contribution in [0.15, 0.2) is 48.5 Å². The van der Waals surface area contributed by atoms with Crippen molar-refractivity contribution in [1.29, 1.82) is 0 Å². The van der Waals surface area contributed by atoms with Crippen molar-refractivity contribution in [2.24, 2.45) is 0 Å². The summed E-state index contributed by atoms with van der Waals surface area (Å²) in [5, 5.41) is 4.62. The third kappa shape index (κ3) is 3.56. The molecule has 2 heterocycles. The number of benzene rings is 2. The maximum atomic E-state index is 12.9. The summed E-state index contributed by atoms with van der Waals surface area (Å²) in [7, 11) is 1.71. The van der Waals surface area contributed by atoms with Crippen LogP contribution in [0, 0.1) is 13.8 Å². The molecule has 2 aromatic heterocycles. The van der Waals surface area contributed by atoms with Crippen molar-refractivity contribution in [2.45, 2.75) is 26.8 Å². The van der Waals surface area contributed by atoms with Crippen LogP contribution >= 0.6 is 0 Å². The van der Waals surface area contributed by atoms with Gasteiger partial charge >= 0.3 is 0 Å². The first kappa shape index (κ1) is 19.8. The van der Waals surface area contributed by atoms with Crippen LogP contribution in [-0.4, -0.2) is 37.6 Å². The predicted octanol–water partition coefficient (Wildman–Crippen LogP) is 4.58. The fourth-order valence-corrected chi connectivity index (χ4v) is 3.52. The number of fused-ring (bicyclic) bond motifs is 1. The first-order chi connectivity index (χ1) is 14.3. The Labute approximate surface area is 172 Å². The zero-order chi connectivity index (χ0) is 21.4. The Kier molecular flexibility index (Phi) is 5.07. The normalized spacial score (nSPS) is 11.4. The van der Waals surface area contributed by atoms with Crippen molar-refractivity contribution in [3.05, 3.63) is 76.9 Å². The molecule has 0 saturated carbocycles. The summed E-state index contributed by atoms with van der Waals surface area (Å²) in [5.41, 5.74) is 4.95. The second-order valence-corrected chi connectivity index (χ2v) is 7.21. The highest BCUT2D eigenvalue weighted by atomic mass is 19.3. The number of halogens is 2. The monoisotopic (exact) mass is 409 g/mol. The third-order valence-electron chi connectivity index (χ3n) is 5.14. The number of aryl methyl sites for hydroxylation is 1. The molecule has 0 aliphatic heterocycles. The molecule has 0 saturated heterocycles. The molecule has 0 bridgehead atoms. The van der Waals surface area contributed by atoms with Crippen LogP contribution in [-0.2, 0) is 6.54 Å². The maximum Gasteiger partial charge on any atom is 0.295 e. The predicted molar refractivity (Wildman–Crippen MR) is 110 cm³/mol. The highest BCUT2D eigenvalue weighted by Crippen LogP contribution is 2.23. The third-order valence-corrected chi connectivity index (χ3v) is 5.14. The summed E-state index contributed by atoms with van der Waals surface area (Å²) in [5.74, 6) is -0.612. The van der Waals surface area contributed by atoms with Crippen molar-refractivity contribution >= 4 is 16.9 Å². The van der Waals surface area contributed by atoms with Gasteiger partial charge in [-0.15, -0.1) is 0 Å². The fraction of sp³-hybridized carbons (Fsp3) is 0.227. The molecule has 0 aliphatic carbocycles. The summed E-state index contributed by atoms with van der Waals surface area (Å²) < 4.78 is 27.6. The first-order valence-electron chi connectivity index (χ1n) is 9.49. The Balaban J connectivity index is 1.58. The number of rotatable bonds is 5. The number of amides is 1. The highest BCUT2D eigenvalue weighted by Gasteiger charge is 2.19. The molecule has 0 fully saturated rings. The number of carbonyl (C=O) groups excluding carboxylic acids is 1. The topological polar surface area (TPSA) is 66.8 Å². The van der Waals surface area contributed by atoms with Crippen LogP contribution in [0.25, 0.3) is 16.7 Å². The number of imidazole rings is 1. The van der Waals surface area contributed by atoms with E-state index in [-0.39, 0.29) is 5.91 Å². The lowest BCUT2D eigenvalue weighted by Gasteiger charge is -2.18. The van der Waals surface area contributed by atoms with Gasteiger partial charge in [0.05, 0.1) is 22.4 Å². The zero-order valence-corrected chi connectivity index (χ0v) is 16.9. The molecule has 0 unspecified atom stereocenters. The van der Waals surface area contributed by atoms with Gasteiger partial charge < -0.3 is 9.88 Å². The molecular weight excluding hydrogens is 388 g/mol. The number of carbonyl (C=O) groups is 1. The molecule has 2 aromatic carbocycles. The van der Waals surface area contributed by atoms with E-state index < -0.39 is 12.2 Å². The number of hydrogen-bond acceptors (Lipinski definition) is 3. The van der Waals surface area contributed by atoms with Gasteiger partial charge in [0.2, 0.25) is 0 Å². The summed E-state index contributed by atoms with van der Waals surface area (Å²) in [6.45, 7) is 4.28. The lowest BCUT2D eigenvalue weighted by atomic mass is 10.1. The van der Waals surface area contributed by atoms with E-state index in [0.717, 1.165) is 22.6 Å². The minimum absolute atomic E-state index is 0.212. The number of nitrogens with zero attached hydrogens (tertiary/aromatic N) is 4. The van der Waals surface area contributed by atoms with Crippen LogP contribution in [0.3, 0.4) is 0 Å². The molecule has 0 spiro atoms. The Bertz CT molecular complexity index is 1210. The number of hydrogen-bond donors (Lipinski definition) is 1. The van der Waals surface area contributed by atoms with Crippen molar-refractivity contribution in [3.63, 3.8) is 0 Å². The largest absolute Gasteiger partial charge is 0.337 e. The second kappa shape index (κ2) is 7.70. The Morgan fingerprint density at radius 3 is 2.60 bits per heavy atom. The SMILES string of the molecule is Cc1nn(-c2ccccc2)c(C)c1CN(C)C(=O)c1ccc2nc(C(F)F)[nH]c2c1. The molecule has 30 heavy (non-hydrogen) atoms. The van der Waals surface area contributed by atoms with Gasteiger partial charge in [-0.05, 0) is 44.2 Å². The molecule has 154 valence electrons. The number of alkyl halides is 2. The van der Waals surface area contributed by atoms with Crippen molar-refractivity contribution in [3.8, 4) is 5.69 Å². The molecule has 1 amide bonds. The van der Waals surface area contributed by atoms with Crippen LogP contribution in [0.1, 0.15) is 39.6 Å². The summed E-state index contributed by atoms with van der Waals surface area (Å²) in [6.07, 6.45) is -2.69. The first-order valence-corrected chi connectivity index (χ1v) is 9.49. The lowest BCUT2D eigenvalue weighted by molar-refractivity contribution is 0.0785. The standard InChI is InChI=1S/C22H21F2N5O/c1-13-17(14(2)29(27-13)16-7-5-4-6-8-16)12-28(3)22(30)15-9-10-18-19(11-15)26-21(25-18)20(23)24/h4-11,20H,12H2,1-3H3,(H,25,26). The average Bonchev–Trinajstić information content (AvgIpc) is 3.29. The van der Waals surface area contributed by atoms with E-state index in [0.29, 0.717) is 23.1 Å². The zero-order valence-electron chi connectivity index (χ0n) is 16.9. The minimum atomic E-state index is -2.69. The molecule has 0 atom stereocenters. The van der Waals surface area contributed by atoms with E-state index in [4.69, 9.17) is 0 Å². The number of H-pyrrole nitrogens is 1. The van der Waals surface area contributed by atoms with Crippen LogP contribution < -0.4 is 0 Å². The summed E-state index contributed by atoms with van der Waals surface area (Å²) in [4.78, 5) is 21.0. The minimum Gasteiger partial charge on any atom is -0.337 e. The Hall–Kier alpha value is -3.55. The molecular formula is C22H21F2N5O. The smallest absolute Gasteiger partial charge is 0.295 e. The molecule has 1 N–H and O–H groups in total. The van der Waals surface area contributed by atoms with Crippen LogP contribution in [0.2, 0.25) is 0 Å². The van der Waals surface area contributed by atoms with E-state index in [1.54, 1.807) is 30.1 Å². The van der Waals surface area contributed by atoms with Crippen LogP contribution in [0.5, 0.6) is 0 Å². The van der Waals surface area contributed by atoms with Gasteiger partial charge in [-0.25, -0.2) is 18.4 Å². The fourth-order valence-electron chi connectivity index (χ4n) is 3.52. The summed E-state index contributed by atoms with van der Waals surface area (Å²) in [6, 6.07) is 14.5. The maximum absolute atomic E-state index is 12.9. The van der Waals surface area contributed by atoms with Crippen molar-refractivity contribution in [2.75, 3.05) is 7.05 Å². The van der Waals surface area contributed by atoms with E-state index in [1.807, 2.05) is 48.9 Å². The van der Waals surface area contributed by atoms with Gasteiger partial charge in [0.1, 0.15) is 0 Å². The Morgan fingerprint density at radius 2 is 1.90 bits per heavy atom. The summed E-state index contributed by atoms with van der Waals surface area (Å²) >= 11 is 0. The second-order valence-electron chi connectivity index (χ2n) is 7.21. The van der Waals surface area contributed by atoms with Gasteiger partial charge in [-0.1, -0.05) is 18.2 Å². The van der Waals surface area contributed by atoms with Crippen LogP contribution in [0.4, 0.5) is 8.78 Å². The average molecular weight is 409 g/mol. The molecule has 4 rings (SSSR count). The van der Waals surface area contributed by atoms with E-state index in [9.17, 15) is 13.6 Å². The number of para-hydroxylation sites is 1. The van der Waals surface area contributed by atoms with Crippen molar-refractivity contribution < 1.29 is 13.6 Å². The van der Waals surface area contributed by atoms with Gasteiger partial charge in [0, 0.05) is 30.4 Å². The van der Waals surface area contributed by atoms with Gasteiger partial charge in [0.25, 0.3) is 12.3 Å². The van der Waals surface area contributed by atoms with E-state index >= 15 is 0 Å². The molecule has 4 aromatic rings. The number of nitrogens with one attached hydrogen (secondary N) is 1. The van der Waals surface area contributed by atoms with Gasteiger partial charge in [-0.2, -0.15) is 5.10 Å². The van der Waals surface area contributed by atoms with E-state index in [2.05, 4.69) is 15.1 Å². The van der Waals surface area contributed by atoms with Gasteiger partial charge in [-0.3, -0.25) is 4.79 Å². The quantitative estimate of drug-likeness (QED) is 0.525. The van der Waals surface area contributed by atoms with E-state index in [1.165, 1.54) is 0 Å². The van der Waals surface area contributed by atoms with Crippen molar-refractivity contribution in [1.82, 2.24) is 24.6 Å². The lowest BCUT2D eigenvalue weighted by Crippen LogP contribution is -2.26. The number of aromatic nitrogens is 4. The Morgan fingerprint density at radius 1 is 1.17 bits per heavy atom. The molecule has 6 nitrogen and oxygen atoms in total. The van der Waals surface area contributed by atoms with Gasteiger partial charge in [0.15, 0.2) is 5.82 Å². The highest BCUT2D eigenvalue weighted by molar-refractivity contribution is 5.97. The molecule has 0 radical (unpaired) electrons.